The molecule has 0 saturated heterocycles. The Morgan fingerprint density at radius 1 is 0.897 bits per heavy atom. The summed E-state index contributed by atoms with van der Waals surface area (Å²) >= 11 is 0. The summed E-state index contributed by atoms with van der Waals surface area (Å²) in [5.74, 6) is 1.19. The van der Waals surface area contributed by atoms with Gasteiger partial charge in [-0.2, -0.15) is 0 Å². The molecule has 0 heterocycles. The maximum atomic E-state index is 12.5. The molecule has 0 amide bonds. The van der Waals surface area contributed by atoms with E-state index in [2.05, 4.69) is 19.1 Å². The van der Waals surface area contributed by atoms with E-state index in [0.29, 0.717) is 13.0 Å². The molecule has 3 heteroatoms. The molecule has 1 aliphatic carbocycles. The van der Waals surface area contributed by atoms with Crippen molar-refractivity contribution in [3.63, 3.8) is 0 Å². The Balaban J connectivity index is 1.72. The Morgan fingerprint density at radius 3 is 2.28 bits per heavy atom. The number of ether oxygens (including phenoxy) is 2. The summed E-state index contributed by atoms with van der Waals surface area (Å²) in [6.07, 6.45) is 16.3. The molecule has 0 radical (unpaired) electrons. The molecule has 0 N–H and O–H groups in total. The van der Waals surface area contributed by atoms with Gasteiger partial charge in [0, 0.05) is 17.9 Å². The number of unbranched alkanes of at least 4 members (excludes halogenated alkanes) is 8. The molecule has 29 heavy (non-hydrogen) atoms. The molecule has 0 aromatic heterocycles. The molecule has 3 nitrogen and oxygen atoms in total. The summed E-state index contributed by atoms with van der Waals surface area (Å²) < 4.78 is 11.8. The third kappa shape index (κ3) is 8.80. The fourth-order valence-corrected chi connectivity index (χ4v) is 4.48. The predicted molar refractivity (Wildman–Crippen MR) is 121 cm³/mol. The standard InChI is InChI=1S/C26H42O3/c1-3-5-6-7-8-9-10-11-12-21-26(27)29-25-20-16-14-18-23(25)22-17-13-15-19-24(22)28-4-2/h13,15,17,19,23,25H,3-12,14,16,18,20-21H2,1-2H3/t23-,25+/m1/s1. The predicted octanol–water partition coefficient (Wildman–Crippen LogP) is 7.58. The zero-order valence-electron chi connectivity index (χ0n) is 18.8. The second-order valence-electron chi connectivity index (χ2n) is 8.47. The van der Waals surface area contributed by atoms with Crippen molar-refractivity contribution in [2.45, 2.75) is 116 Å². The average Bonchev–Trinajstić information content (AvgIpc) is 2.74. The van der Waals surface area contributed by atoms with Crippen LogP contribution >= 0.6 is 0 Å². The zero-order valence-corrected chi connectivity index (χ0v) is 18.8. The lowest BCUT2D eigenvalue weighted by Gasteiger charge is -2.32. The minimum atomic E-state index is -0.0151. The number of hydrogen-bond acceptors (Lipinski definition) is 3. The average molecular weight is 403 g/mol. The minimum Gasteiger partial charge on any atom is -0.494 e. The highest BCUT2D eigenvalue weighted by Crippen LogP contribution is 2.39. The monoisotopic (exact) mass is 402 g/mol. The maximum Gasteiger partial charge on any atom is 0.306 e. The quantitative estimate of drug-likeness (QED) is 0.238. The van der Waals surface area contributed by atoms with Crippen molar-refractivity contribution < 1.29 is 14.3 Å². The van der Waals surface area contributed by atoms with Gasteiger partial charge in [0.2, 0.25) is 0 Å². The van der Waals surface area contributed by atoms with E-state index >= 15 is 0 Å². The smallest absolute Gasteiger partial charge is 0.306 e. The first-order valence-corrected chi connectivity index (χ1v) is 12.2. The summed E-state index contributed by atoms with van der Waals surface area (Å²) in [6.45, 7) is 4.93. The molecular weight excluding hydrogens is 360 g/mol. The van der Waals surface area contributed by atoms with E-state index in [-0.39, 0.29) is 18.0 Å². The van der Waals surface area contributed by atoms with Crippen LogP contribution in [0.1, 0.15) is 115 Å². The lowest BCUT2D eigenvalue weighted by atomic mass is 9.81. The van der Waals surface area contributed by atoms with Gasteiger partial charge in [0.15, 0.2) is 0 Å². The van der Waals surface area contributed by atoms with Gasteiger partial charge in [-0.25, -0.2) is 0 Å². The van der Waals surface area contributed by atoms with Crippen LogP contribution in [0.3, 0.4) is 0 Å². The third-order valence-corrected chi connectivity index (χ3v) is 6.09. The highest BCUT2D eigenvalue weighted by Gasteiger charge is 2.31. The van der Waals surface area contributed by atoms with E-state index in [4.69, 9.17) is 9.47 Å². The van der Waals surface area contributed by atoms with Gasteiger partial charge in [0.25, 0.3) is 0 Å². The van der Waals surface area contributed by atoms with Crippen molar-refractivity contribution in [3.8, 4) is 5.75 Å². The van der Waals surface area contributed by atoms with Crippen LogP contribution in [-0.4, -0.2) is 18.7 Å². The van der Waals surface area contributed by atoms with Crippen molar-refractivity contribution in [2.24, 2.45) is 0 Å². The van der Waals surface area contributed by atoms with Gasteiger partial charge in [-0.05, 0) is 38.7 Å². The Bertz CT molecular complexity index is 569. The van der Waals surface area contributed by atoms with Crippen molar-refractivity contribution in [1.29, 1.82) is 0 Å². The van der Waals surface area contributed by atoms with Crippen molar-refractivity contribution in [3.05, 3.63) is 29.8 Å². The first kappa shape index (κ1) is 23.8. The van der Waals surface area contributed by atoms with Gasteiger partial charge >= 0.3 is 5.97 Å². The Hall–Kier alpha value is -1.51. The maximum absolute atomic E-state index is 12.5. The van der Waals surface area contributed by atoms with Crippen LogP contribution in [0, 0.1) is 0 Å². The molecule has 2 rings (SSSR count). The SMILES string of the molecule is CCCCCCCCCCCC(=O)O[C@H]1CCCC[C@@H]1c1ccccc1OCC. The second kappa shape index (κ2) is 14.5. The lowest BCUT2D eigenvalue weighted by molar-refractivity contribution is -0.151. The first-order valence-electron chi connectivity index (χ1n) is 12.2. The topological polar surface area (TPSA) is 35.5 Å². The highest BCUT2D eigenvalue weighted by molar-refractivity contribution is 5.69. The molecule has 164 valence electrons. The molecule has 2 atom stereocenters. The van der Waals surface area contributed by atoms with Gasteiger partial charge < -0.3 is 9.47 Å². The molecule has 1 aromatic rings. The molecule has 0 aliphatic heterocycles. The zero-order chi connectivity index (χ0) is 20.7. The Kier molecular flexibility index (Phi) is 11.9. The van der Waals surface area contributed by atoms with Gasteiger partial charge in [-0.1, -0.05) is 82.9 Å². The molecule has 1 aliphatic rings. The largest absolute Gasteiger partial charge is 0.494 e. The number of carbonyl (C=O) groups excluding carboxylic acids is 1. The number of carbonyl (C=O) groups is 1. The number of benzene rings is 1. The van der Waals surface area contributed by atoms with Crippen LogP contribution in [0.25, 0.3) is 0 Å². The van der Waals surface area contributed by atoms with Crippen LogP contribution < -0.4 is 4.74 Å². The Morgan fingerprint density at radius 2 is 1.55 bits per heavy atom. The van der Waals surface area contributed by atoms with E-state index in [1.165, 1.54) is 56.9 Å². The number of rotatable bonds is 14. The lowest BCUT2D eigenvalue weighted by Crippen LogP contribution is -2.29. The van der Waals surface area contributed by atoms with E-state index in [0.717, 1.165) is 37.9 Å². The summed E-state index contributed by atoms with van der Waals surface area (Å²) in [7, 11) is 0. The number of hydrogen-bond donors (Lipinski definition) is 0. The fourth-order valence-electron chi connectivity index (χ4n) is 4.48. The molecule has 1 fully saturated rings. The summed E-state index contributed by atoms with van der Waals surface area (Å²) in [6, 6.07) is 8.26. The van der Waals surface area contributed by atoms with Crippen molar-refractivity contribution in [1.82, 2.24) is 0 Å². The van der Waals surface area contributed by atoms with Gasteiger partial charge in [-0.15, -0.1) is 0 Å². The van der Waals surface area contributed by atoms with Crippen LogP contribution in [-0.2, 0) is 9.53 Å². The second-order valence-corrected chi connectivity index (χ2v) is 8.47. The van der Waals surface area contributed by atoms with Crippen LogP contribution in [0.4, 0.5) is 0 Å². The van der Waals surface area contributed by atoms with Crippen LogP contribution in [0.5, 0.6) is 5.75 Å². The highest BCUT2D eigenvalue weighted by atomic mass is 16.5. The van der Waals surface area contributed by atoms with Crippen LogP contribution in [0.2, 0.25) is 0 Å². The third-order valence-electron chi connectivity index (χ3n) is 6.09. The number of para-hydroxylation sites is 1. The van der Waals surface area contributed by atoms with Crippen LogP contribution in [0.15, 0.2) is 24.3 Å². The van der Waals surface area contributed by atoms with Gasteiger partial charge in [-0.3, -0.25) is 4.79 Å². The Labute approximate surface area is 178 Å². The molecule has 0 bridgehead atoms. The first-order chi connectivity index (χ1) is 14.3. The molecule has 1 aromatic carbocycles. The molecule has 0 spiro atoms. The summed E-state index contributed by atoms with van der Waals surface area (Å²) in [4.78, 5) is 12.5. The normalized spacial score (nSPS) is 19.1. The molecular formula is C26H42O3. The van der Waals surface area contributed by atoms with E-state index in [9.17, 15) is 4.79 Å². The van der Waals surface area contributed by atoms with E-state index < -0.39 is 0 Å². The van der Waals surface area contributed by atoms with E-state index in [1.54, 1.807) is 0 Å². The number of esters is 1. The van der Waals surface area contributed by atoms with E-state index in [1.807, 2.05) is 19.1 Å². The summed E-state index contributed by atoms with van der Waals surface area (Å²) in [5.41, 5.74) is 1.20. The van der Waals surface area contributed by atoms with Crippen molar-refractivity contribution >= 4 is 5.97 Å². The molecule has 1 saturated carbocycles. The summed E-state index contributed by atoms with van der Waals surface area (Å²) in [5, 5.41) is 0. The van der Waals surface area contributed by atoms with Crippen molar-refractivity contribution in [2.75, 3.05) is 6.61 Å². The minimum absolute atomic E-state index is 0.00331. The molecule has 0 unspecified atom stereocenters. The van der Waals surface area contributed by atoms with Gasteiger partial charge in [0.1, 0.15) is 11.9 Å². The van der Waals surface area contributed by atoms with Gasteiger partial charge in [0.05, 0.1) is 6.61 Å². The fraction of sp³-hybridized carbons (Fsp3) is 0.731.